The van der Waals surface area contributed by atoms with E-state index in [0.29, 0.717) is 35.5 Å². The minimum absolute atomic E-state index is 0.189. The average Bonchev–Trinajstić information content (AvgIpc) is 2.83. The number of unbranched alkanes of at least 4 members (excludes halogenated alkanes) is 1. The lowest BCUT2D eigenvalue weighted by Gasteiger charge is -2.12. The molecule has 0 saturated carbocycles. The van der Waals surface area contributed by atoms with Crippen molar-refractivity contribution in [3.8, 4) is 5.75 Å². The molecule has 0 N–H and O–H groups in total. The van der Waals surface area contributed by atoms with Crippen LogP contribution in [-0.2, 0) is 13.0 Å². The topological polar surface area (TPSA) is 56.5 Å². The quantitative estimate of drug-likeness (QED) is 0.172. The molecule has 9 heteroatoms. The number of fused-ring (bicyclic) bond motifs is 1. The van der Waals surface area contributed by atoms with Gasteiger partial charge >= 0.3 is 0 Å². The number of hydrogen-bond donors (Lipinski definition) is 0. The van der Waals surface area contributed by atoms with Crippen LogP contribution in [0.1, 0.15) is 36.7 Å². The van der Waals surface area contributed by atoms with Gasteiger partial charge in [-0.2, -0.15) is 9.78 Å². The Bertz CT molecular complexity index is 1430. The van der Waals surface area contributed by atoms with Crippen LogP contribution in [-0.4, -0.2) is 15.9 Å². The third kappa shape index (κ3) is 6.50. The molecule has 0 unspecified atom stereocenters. The normalized spacial score (nSPS) is 11.5. The van der Waals surface area contributed by atoms with Crippen LogP contribution in [0.25, 0.3) is 10.9 Å². The predicted molar refractivity (Wildman–Crippen MR) is 156 cm³/mol. The molecule has 0 saturated heterocycles. The highest BCUT2D eigenvalue weighted by Gasteiger charge is 2.12. The van der Waals surface area contributed by atoms with Gasteiger partial charge in [0.25, 0.3) is 5.56 Å². The fraction of sp³-hybridized carbons (Fsp3) is 0.192. The van der Waals surface area contributed by atoms with Crippen LogP contribution >= 0.6 is 63.7 Å². The maximum Gasteiger partial charge on any atom is 0.282 e. The third-order valence-corrected chi connectivity index (χ3v) is 7.47. The molecule has 0 aliphatic rings. The zero-order chi connectivity index (χ0) is 24.9. The first-order valence-electron chi connectivity index (χ1n) is 11.0. The van der Waals surface area contributed by atoms with Gasteiger partial charge in [-0.05, 0) is 91.9 Å². The van der Waals surface area contributed by atoms with E-state index in [1.165, 1.54) is 4.68 Å². The van der Waals surface area contributed by atoms with E-state index in [-0.39, 0.29) is 5.56 Å². The van der Waals surface area contributed by atoms with E-state index in [0.717, 1.165) is 41.9 Å². The summed E-state index contributed by atoms with van der Waals surface area (Å²) in [7, 11) is 0. The average molecular weight is 727 g/mol. The summed E-state index contributed by atoms with van der Waals surface area (Å²) in [4.78, 5) is 18.0. The molecule has 0 radical (unpaired) electrons. The molecule has 180 valence electrons. The Labute approximate surface area is 237 Å². The summed E-state index contributed by atoms with van der Waals surface area (Å²) in [5, 5.41) is 5.06. The first kappa shape index (κ1) is 26.3. The fourth-order valence-electron chi connectivity index (χ4n) is 3.46. The Balaban J connectivity index is 1.63. The number of benzene rings is 3. The summed E-state index contributed by atoms with van der Waals surface area (Å²) in [5.41, 5.74) is 2.36. The standard InChI is InChI=1S/C26H21Br4N3O2/c1-2-3-4-24-32-23-10-9-19(28)13-20(23)26(34)33(24)31-14-17-11-21(29)25(22(30)12-17)35-15-16-5-7-18(27)8-6-16/h5-14H,2-4,15H2,1H3. The van der Waals surface area contributed by atoms with E-state index >= 15 is 0 Å². The Morgan fingerprint density at radius 2 is 1.66 bits per heavy atom. The highest BCUT2D eigenvalue weighted by atomic mass is 79.9. The number of ether oxygens (including phenoxy) is 1. The van der Waals surface area contributed by atoms with Crippen molar-refractivity contribution in [2.45, 2.75) is 32.8 Å². The Morgan fingerprint density at radius 3 is 2.34 bits per heavy atom. The highest BCUT2D eigenvalue weighted by Crippen LogP contribution is 2.35. The first-order chi connectivity index (χ1) is 16.9. The van der Waals surface area contributed by atoms with Gasteiger partial charge in [0, 0.05) is 15.4 Å². The van der Waals surface area contributed by atoms with Crippen molar-refractivity contribution in [1.82, 2.24) is 9.66 Å². The molecule has 0 aliphatic carbocycles. The number of nitrogens with zero attached hydrogens (tertiary/aromatic N) is 3. The molecule has 1 heterocycles. The predicted octanol–water partition coefficient (Wildman–Crippen LogP) is 8.25. The largest absolute Gasteiger partial charge is 0.487 e. The molecular weight excluding hydrogens is 706 g/mol. The van der Waals surface area contributed by atoms with E-state index < -0.39 is 0 Å². The van der Waals surface area contributed by atoms with Crippen LogP contribution in [0.3, 0.4) is 0 Å². The molecule has 4 aromatic rings. The van der Waals surface area contributed by atoms with Crippen molar-refractivity contribution in [3.63, 3.8) is 0 Å². The van der Waals surface area contributed by atoms with Gasteiger partial charge < -0.3 is 4.74 Å². The van der Waals surface area contributed by atoms with E-state index in [4.69, 9.17) is 9.72 Å². The Morgan fingerprint density at radius 1 is 0.971 bits per heavy atom. The van der Waals surface area contributed by atoms with Crippen LogP contribution in [0.5, 0.6) is 5.75 Å². The van der Waals surface area contributed by atoms with Crippen molar-refractivity contribution >= 4 is 80.8 Å². The van der Waals surface area contributed by atoms with Gasteiger partial charge in [0.2, 0.25) is 0 Å². The van der Waals surface area contributed by atoms with E-state index in [1.807, 2.05) is 48.5 Å². The molecule has 0 amide bonds. The van der Waals surface area contributed by atoms with Crippen LogP contribution in [0, 0.1) is 0 Å². The first-order valence-corrected chi connectivity index (χ1v) is 14.1. The fourth-order valence-corrected chi connectivity index (χ4v) is 5.54. The lowest BCUT2D eigenvalue weighted by molar-refractivity contribution is 0.302. The van der Waals surface area contributed by atoms with Crippen LogP contribution in [0.2, 0.25) is 0 Å². The molecule has 35 heavy (non-hydrogen) atoms. The Kier molecular flexibility index (Phi) is 8.97. The van der Waals surface area contributed by atoms with Crippen molar-refractivity contribution < 1.29 is 4.74 Å². The van der Waals surface area contributed by atoms with Crippen molar-refractivity contribution in [3.05, 3.63) is 99.8 Å². The van der Waals surface area contributed by atoms with Gasteiger partial charge in [-0.1, -0.05) is 57.3 Å². The number of rotatable bonds is 8. The smallest absolute Gasteiger partial charge is 0.282 e. The molecule has 0 bridgehead atoms. The molecule has 0 spiro atoms. The third-order valence-electron chi connectivity index (χ3n) is 5.27. The van der Waals surface area contributed by atoms with Crippen LogP contribution in [0.4, 0.5) is 0 Å². The summed E-state index contributed by atoms with van der Waals surface area (Å²) < 4.78 is 10.9. The maximum atomic E-state index is 13.3. The molecule has 0 fully saturated rings. The number of aromatic nitrogens is 2. The minimum Gasteiger partial charge on any atom is -0.487 e. The molecule has 0 atom stereocenters. The summed E-state index contributed by atoms with van der Waals surface area (Å²) in [6.45, 7) is 2.55. The second kappa shape index (κ2) is 12.0. The second-order valence-electron chi connectivity index (χ2n) is 7.88. The zero-order valence-corrected chi connectivity index (χ0v) is 25.1. The molecule has 4 rings (SSSR count). The van der Waals surface area contributed by atoms with Crippen molar-refractivity contribution in [2.75, 3.05) is 0 Å². The summed E-state index contributed by atoms with van der Waals surface area (Å²) in [6, 6.07) is 17.3. The molecule has 5 nitrogen and oxygen atoms in total. The summed E-state index contributed by atoms with van der Waals surface area (Å²) >= 11 is 14.1. The van der Waals surface area contributed by atoms with Gasteiger partial charge in [-0.25, -0.2) is 4.98 Å². The SMILES string of the molecule is CCCCc1nc2ccc(Br)cc2c(=O)n1N=Cc1cc(Br)c(OCc2ccc(Br)cc2)c(Br)c1. The van der Waals surface area contributed by atoms with Crippen LogP contribution in [0.15, 0.2) is 82.4 Å². The monoisotopic (exact) mass is 723 g/mol. The van der Waals surface area contributed by atoms with Crippen LogP contribution < -0.4 is 10.3 Å². The van der Waals surface area contributed by atoms with E-state index in [1.54, 1.807) is 12.3 Å². The number of aryl methyl sites for hydroxylation is 1. The molecular formula is C26H21Br4N3O2. The number of halogens is 4. The van der Waals surface area contributed by atoms with Gasteiger partial charge in [0.05, 0.1) is 26.1 Å². The number of hydrogen-bond acceptors (Lipinski definition) is 4. The van der Waals surface area contributed by atoms with E-state index in [9.17, 15) is 4.79 Å². The van der Waals surface area contributed by atoms with E-state index in [2.05, 4.69) is 75.7 Å². The lowest BCUT2D eigenvalue weighted by atomic mass is 10.2. The maximum absolute atomic E-state index is 13.3. The van der Waals surface area contributed by atoms with Gasteiger partial charge in [0.15, 0.2) is 0 Å². The summed E-state index contributed by atoms with van der Waals surface area (Å²) in [5.74, 6) is 1.35. The van der Waals surface area contributed by atoms with Crippen molar-refractivity contribution in [1.29, 1.82) is 0 Å². The minimum atomic E-state index is -0.189. The van der Waals surface area contributed by atoms with Gasteiger partial charge in [-0.15, -0.1) is 0 Å². The lowest BCUT2D eigenvalue weighted by Crippen LogP contribution is -2.22. The zero-order valence-electron chi connectivity index (χ0n) is 18.8. The van der Waals surface area contributed by atoms with Crippen molar-refractivity contribution in [2.24, 2.45) is 5.10 Å². The highest BCUT2D eigenvalue weighted by molar-refractivity contribution is 9.11. The van der Waals surface area contributed by atoms with Gasteiger partial charge in [0.1, 0.15) is 18.2 Å². The Hall–Kier alpha value is -1.81. The summed E-state index contributed by atoms with van der Waals surface area (Å²) in [6.07, 6.45) is 4.26. The molecule has 0 aliphatic heterocycles. The molecule has 1 aromatic heterocycles. The second-order valence-corrected chi connectivity index (χ2v) is 11.4. The molecule has 3 aromatic carbocycles. The van der Waals surface area contributed by atoms with Gasteiger partial charge in [-0.3, -0.25) is 4.79 Å².